The lowest BCUT2D eigenvalue weighted by molar-refractivity contribution is -0.0500. The van der Waals surface area contributed by atoms with Gasteiger partial charge in [-0.05, 0) is 81.2 Å². The minimum atomic E-state index is -5.72. The molecule has 0 aliphatic rings. The number of hydrogen-bond donors (Lipinski definition) is 0. The van der Waals surface area contributed by atoms with Crippen LogP contribution in [-0.2, 0) is 10.1 Å². The van der Waals surface area contributed by atoms with Gasteiger partial charge in [0.15, 0.2) is 0 Å². The van der Waals surface area contributed by atoms with Gasteiger partial charge in [-0.3, -0.25) is 0 Å². The lowest BCUT2D eigenvalue weighted by atomic mass is 9.99. The Bertz CT molecular complexity index is 1130. The van der Waals surface area contributed by atoms with Gasteiger partial charge < -0.3 is 4.18 Å². The zero-order chi connectivity index (χ0) is 20.5. The fourth-order valence-corrected chi connectivity index (χ4v) is 3.98. The van der Waals surface area contributed by atoms with Crippen molar-refractivity contribution < 1.29 is 25.8 Å². The summed E-state index contributed by atoms with van der Waals surface area (Å²) in [5.74, 6) is -0.405. The van der Waals surface area contributed by atoms with E-state index in [1.54, 1.807) is 12.1 Å². The molecule has 146 valence electrons. The van der Waals surface area contributed by atoms with Crippen molar-refractivity contribution >= 4 is 48.6 Å². The predicted octanol–water partition coefficient (Wildman–Crippen LogP) is 6.62. The number of halogens is 5. The van der Waals surface area contributed by atoms with Gasteiger partial charge in [-0.2, -0.15) is 21.6 Å². The second kappa shape index (κ2) is 8.03. The van der Waals surface area contributed by atoms with Crippen LogP contribution in [0.3, 0.4) is 0 Å². The third-order valence-corrected chi connectivity index (χ3v) is 6.17. The average Bonchev–Trinajstić information content (AvgIpc) is 2.61. The highest BCUT2D eigenvalue weighted by atomic mass is 127. The molecule has 0 radical (unpaired) electrons. The quantitative estimate of drug-likeness (QED) is 0.197. The standard InChI is InChI=1S/C19H11BrF3IO3S/c20-15-5-1-4-14(9-15)17-11-13(7-8-18(17)24)12-3-2-6-16(10-12)27-28(25,26)19(21,22)23/h1-11H. The Kier molecular flexibility index (Phi) is 6.06. The molecule has 0 saturated carbocycles. The molecule has 0 atom stereocenters. The summed E-state index contributed by atoms with van der Waals surface area (Å²) in [5, 5.41) is 0. The summed E-state index contributed by atoms with van der Waals surface area (Å²) in [4.78, 5) is 0. The van der Waals surface area contributed by atoms with E-state index in [1.807, 2.05) is 36.4 Å². The van der Waals surface area contributed by atoms with Gasteiger partial charge >= 0.3 is 15.6 Å². The van der Waals surface area contributed by atoms with Gasteiger partial charge in [-0.15, -0.1) is 0 Å². The van der Waals surface area contributed by atoms with Gasteiger partial charge in [0.05, 0.1) is 0 Å². The van der Waals surface area contributed by atoms with Crippen molar-refractivity contribution in [3.8, 4) is 28.0 Å². The van der Waals surface area contributed by atoms with E-state index in [2.05, 4.69) is 42.7 Å². The number of rotatable bonds is 4. The first kappa shape index (κ1) is 21.1. The minimum absolute atomic E-state index is 0.405. The molecule has 0 aliphatic heterocycles. The molecule has 0 N–H and O–H groups in total. The molecular formula is C19H11BrF3IO3S. The predicted molar refractivity (Wildman–Crippen MR) is 113 cm³/mol. The Morgan fingerprint density at radius 3 is 2.18 bits per heavy atom. The van der Waals surface area contributed by atoms with Gasteiger partial charge in [0.25, 0.3) is 0 Å². The molecule has 9 heteroatoms. The van der Waals surface area contributed by atoms with Crippen molar-refractivity contribution in [3.05, 3.63) is 74.8 Å². The summed E-state index contributed by atoms with van der Waals surface area (Å²) < 4.78 is 66.2. The van der Waals surface area contributed by atoms with Crippen LogP contribution in [0, 0.1) is 3.57 Å². The highest BCUT2D eigenvalue weighted by Gasteiger charge is 2.48. The van der Waals surface area contributed by atoms with Gasteiger partial charge in [0, 0.05) is 8.04 Å². The average molecular weight is 583 g/mol. The molecule has 0 fully saturated rings. The topological polar surface area (TPSA) is 43.4 Å². The molecule has 3 rings (SSSR count). The van der Waals surface area contributed by atoms with Gasteiger partial charge in [-0.25, -0.2) is 0 Å². The van der Waals surface area contributed by atoms with Crippen LogP contribution in [0.1, 0.15) is 0 Å². The number of alkyl halides is 3. The Hall–Kier alpha value is -1.59. The molecule has 0 saturated heterocycles. The first-order valence-corrected chi connectivity index (χ1v) is 11.0. The summed E-state index contributed by atoms with van der Waals surface area (Å²) in [6, 6.07) is 18.8. The van der Waals surface area contributed by atoms with Gasteiger partial charge in [-0.1, -0.05) is 46.3 Å². The fourth-order valence-electron chi connectivity index (χ4n) is 2.48. The van der Waals surface area contributed by atoms with E-state index in [0.29, 0.717) is 11.1 Å². The fraction of sp³-hybridized carbons (Fsp3) is 0.0526. The van der Waals surface area contributed by atoms with Crippen LogP contribution in [0.2, 0.25) is 0 Å². The summed E-state index contributed by atoms with van der Waals surface area (Å²) in [6.45, 7) is 0. The lowest BCUT2D eigenvalue weighted by Crippen LogP contribution is -2.28. The molecule has 28 heavy (non-hydrogen) atoms. The van der Waals surface area contributed by atoms with Crippen molar-refractivity contribution in [1.82, 2.24) is 0 Å². The van der Waals surface area contributed by atoms with Crippen LogP contribution < -0.4 is 4.18 Å². The van der Waals surface area contributed by atoms with Crippen molar-refractivity contribution in [2.24, 2.45) is 0 Å². The smallest absolute Gasteiger partial charge is 0.376 e. The molecule has 3 aromatic rings. The van der Waals surface area contributed by atoms with Crippen LogP contribution in [0.5, 0.6) is 5.75 Å². The van der Waals surface area contributed by atoms with E-state index in [1.165, 1.54) is 12.1 Å². The van der Waals surface area contributed by atoms with E-state index in [0.717, 1.165) is 25.2 Å². The van der Waals surface area contributed by atoms with Crippen molar-refractivity contribution in [2.45, 2.75) is 5.51 Å². The van der Waals surface area contributed by atoms with Crippen LogP contribution >= 0.6 is 38.5 Å². The zero-order valence-corrected chi connectivity index (χ0v) is 18.4. The normalized spacial score (nSPS) is 12.0. The largest absolute Gasteiger partial charge is 0.534 e. The van der Waals surface area contributed by atoms with Crippen molar-refractivity contribution in [1.29, 1.82) is 0 Å². The summed E-state index contributed by atoms with van der Waals surface area (Å²) >= 11 is 5.63. The zero-order valence-electron chi connectivity index (χ0n) is 13.9. The van der Waals surface area contributed by atoms with E-state index in [4.69, 9.17) is 0 Å². The summed E-state index contributed by atoms with van der Waals surface area (Å²) in [6.07, 6.45) is 0. The Labute approximate surface area is 181 Å². The number of benzene rings is 3. The summed E-state index contributed by atoms with van der Waals surface area (Å²) in [5.41, 5.74) is -2.34. The number of hydrogen-bond acceptors (Lipinski definition) is 3. The van der Waals surface area contributed by atoms with Gasteiger partial charge in [0.2, 0.25) is 0 Å². The Balaban J connectivity index is 2.00. The molecule has 0 bridgehead atoms. The van der Waals surface area contributed by atoms with Crippen molar-refractivity contribution in [3.63, 3.8) is 0 Å². The monoisotopic (exact) mass is 582 g/mol. The van der Waals surface area contributed by atoms with Crippen LogP contribution in [0.15, 0.2) is 71.2 Å². The molecule has 0 spiro atoms. The van der Waals surface area contributed by atoms with Crippen LogP contribution in [0.4, 0.5) is 13.2 Å². The van der Waals surface area contributed by atoms with E-state index in [-0.39, 0.29) is 0 Å². The second-order valence-electron chi connectivity index (χ2n) is 5.72. The molecule has 0 amide bonds. The third-order valence-electron chi connectivity index (χ3n) is 3.76. The molecule has 3 nitrogen and oxygen atoms in total. The molecule has 0 aliphatic carbocycles. The Morgan fingerprint density at radius 2 is 1.50 bits per heavy atom. The molecule has 0 unspecified atom stereocenters. The molecule has 0 heterocycles. The van der Waals surface area contributed by atoms with E-state index in [9.17, 15) is 21.6 Å². The maximum atomic E-state index is 12.5. The maximum absolute atomic E-state index is 12.5. The van der Waals surface area contributed by atoms with E-state index < -0.39 is 21.4 Å². The third kappa shape index (κ3) is 4.69. The molecule has 3 aromatic carbocycles. The summed E-state index contributed by atoms with van der Waals surface area (Å²) in [7, 11) is -5.72. The Morgan fingerprint density at radius 1 is 0.857 bits per heavy atom. The first-order valence-electron chi connectivity index (χ1n) is 7.73. The van der Waals surface area contributed by atoms with Crippen LogP contribution in [-0.4, -0.2) is 13.9 Å². The highest BCUT2D eigenvalue weighted by Crippen LogP contribution is 2.34. The molecular weight excluding hydrogens is 572 g/mol. The van der Waals surface area contributed by atoms with Gasteiger partial charge in [0.1, 0.15) is 5.75 Å². The van der Waals surface area contributed by atoms with Crippen LogP contribution in [0.25, 0.3) is 22.3 Å². The maximum Gasteiger partial charge on any atom is 0.534 e. The molecule has 0 aromatic heterocycles. The SMILES string of the molecule is O=S(=O)(Oc1cccc(-c2ccc(I)c(-c3cccc(Br)c3)c2)c1)C(F)(F)F. The lowest BCUT2D eigenvalue weighted by Gasteiger charge is -2.12. The van der Waals surface area contributed by atoms with E-state index >= 15 is 0 Å². The minimum Gasteiger partial charge on any atom is -0.376 e. The first-order chi connectivity index (χ1) is 13.1. The van der Waals surface area contributed by atoms with Crippen molar-refractivity contribution in [2.75, 3.05) is 0 Å². The second-order valence-corrected chi connectivity index (χ2v) is 9.33. The highest BCUT2D eigenvalue weighted by molar-refractivity contribution is 14.1.